The molecule has 0 aliphatic heterocycles. The second-order valence-electron chi connectivity index (χ2n) is 16.1. The van der Waals surface area contributed by atoms with Gasteiger partial charge in [-0.2, -0.15) is 0 Å². The van der Waals surface area contributed by atoms with Gasteiger partial charge in [0.05, 0.1) is 27.8 Å². The molecule has 0 aliphatic rings. The molecule has 12 rings (SSSR count). The highest BCUT2D eigenvalue weighted by Crippen LogP contribution is 2.41. The Morgan fingerprint density at radius 3 is 1.19 bits per heavy atom. The fourth-order valence-electron chi connectivity index (χ4n) is 9.55. The molecule has 62 heavy (non-hydrogen) atoms. The third kappa shape index (κ3) is 6.04. The van der Waals surface area contributed by atoms with E-state index in [2.05, 4.69) is 252 Å². The summed E-state index contributed by atoms with van der Waals surface area (Å²) in [5.74, 6) is 0. The van der Waals surface area contributed by atoms with Crippen molar-refractivity contribution in [1.29, 1.82) is 0 Å². The maximum absolute atomic E-state index is 2.45. The van der Waals surface area contributed by atoms with Gasteiger partial charge in [-0.3, -0.25) is 0 Å². The maximum atomic E-state index is 2.45. The monoisotopic (exact) mass is 788 g/mol. The van der Waals surface area contributed by atoms with Gasteiger partial charge in [-0.1, -0.05) is 176 Å². The van der Waals surface area contributed by atoms with E-state index in [9.17, 15) is 0 Å². The number of para-hydroxylation sites is 2. The van der Waals surface area contributed by atoms with E-state index in [0.29, 0.717) is 0 Å². The van der Waals surface area contributed by atoms with Crippen molar-refractivity contribution in [2.24, 2.45) is 0 Å². The van der Waals surface area contributed by atoms with E-state index in [0.717, 1.165) is 5.69 Å². The van der Waals surface area contributed by atoms with Crippen molar-refractivity contribution < 1.29 is 0 Å². The lowest BCUT2D eigenvalue weighted by Crippen LogP contribution is -1.97. The van der Waals surface area contributed by atoms with E-state index in [4.69, 9.17) is 0 Å². The van der Waals surface area contributed by atoms with Gasteiger partial charge < -0.3 is 9.13 Å². The highest BCUT2D eigenvalue weighted by atomic mass is 15.0. The lowest BCUT2D eigenvalue weighted by atomic mass is 9.99. The Kier molecular flexibility index (Phi) is 8.53. The first-order valence-electron chi connectivity index (χ1n) is 21.3. The van der Waals surface area contributed by atoms with E-state index in [1.54, 1.807) is 0 Å². The molecule has 0 saturated heterocycles. The molecule has 0 aliphatic carbocycles. The average Bonchev–Trinajstić information content (AvgIpc) is 3.86. The van der Waals surface area contributed by atoms with Crippen LogP contribution in [0.4, 0.5) is 0 Å². The molecule has 0 radical (unpaired) electrons. The van der Waals surface area contributed by atoms with Gasteiger partial charge in [0.15, 0.2) is 0 Å². The number of hydrogen-bond donors (Lipinski definition) is 0. The summed E-state index contributed by atoms with van der Waals surface area (Å²) in [6, 6.07) is 88.4. The number of benzene rings is 10. The van der Waals surface area contributed by atoms with Gasteiger partial charge in [0.2, 0.25) is 0 Å². The van der Waals surface area contributed by atoms with Crippen LogP contribution >= 0.6 is 0 Å². The number of aromatic nitrogens is 2. The zero-order chi connectivity index (χ0) is 41.0. The quantitative estimate of drug-likeness (QED) is 0.152. The molecular formula is C60H40N2. The molecule has 0 N–H and O–H groups in total. The molecule has 0 bridgehead atoms. The van der Waals surface area contributed by atoms with Gasteiger partial charge >= 0.3 is 0 Å². The molecule has 12 aromatic rings. The summed E-state index contributed by atoms with van der Waals surface area (Å²) in [7, 11) is 0. The van der Waals surface area contributed by atoms with Crippen LogP contribution in [0.15, 0.2) is 243 Å². The minimum atomic E-state index is 1.14. The Bertz CT molecular complexity index is 3600. The zero-order valence-corrected chi connectivity index (χ0v) is 34.0. The molecule has 2 aromatic heterocycles. The SMILES string of the molecule is c1ccc(-c2cccc(-c3ccc(-n4c5ccccc5c5cc(-c6ccc7c(c6)c6cc(-c8ccccc8)ccc6n7-c6ccccc6-c6ccccc6)ccc54)cc3)c2)cc1. The first kappa shape index (κ1) is 35.7. The predicted molar refractivity (Wildman–Crippen MR) is 262 cm³/mol. The summed E-state index contributed by atoms with van der Waals surface area (Å²) in [6.07, 6.45) is 0. The Balaban J connectivity index is 0.986. The largest absolute Gasteiger partial charge is 0.309 e. The molecule has 0 atom stereocenters. The van der Waals surface area contributed by atoms with Gasteiger partial charge in [-0.25, -0.2) is 0 Å². The van der Waals surface area contributed by atoms with Crippen LogP contribution in [0.25, 0.3) is 111 Å². The molecule has 2 heteroatoms. The van der Waals surface area contributed by atoms with E-state index >= 15 is 0 Å². The number of hydrogen-bond acceptors (Lipinski definition) is 0. The van der Waals surface area contributed by atoms with E-state index in [1.807, 2.05) is 0 Å². The molecule has 0 spiro atoms. The van der Waals surface area contributed by atoms with Gasteiger partial charge in [0.25, 0.3) is 0 Å². The van der Waals surface area contributed by atoms with Gasteiger partial charge in [0, 0.05) is 32.8 Å². The first-order valence-corrected chi connectivity index (χ1v) is 21.3. The number of rotatable bonds is 7. The predicted octanol–water partition coefficient (Wildman–Crippen LogP) is 16.2. The van der Waals surface area contributed by atoms with Gasteiger partial charge in [-0.15, -0.1) is 0 Å². The van der Waals surface area contributed by atoms with Crippen molar-refractivity contribution in [3.05, 3.63) is 243 Å². The highest BCUT2D eigenvalue weighted by Gasteiger charge is 2.19. The molecule has 0 saturated carbocycles. The van der Waals surface area contributed by atoms with Crippen molar-refractivity contribution in [1.82, 2.24) is 9.13 Å². The number of fused-ring (bicyclic) bond motifs is 6. The second kappa shape index (κ2) is 14.8. The van der Waals surface area contributed by atoms with Crippen LogP contribution in [0.5, 0.6) is 0 Å². The van der Waals surface area contributed by atoms with Crippen LogP contribution < -0.4 is 0 Å². The molecule has 0 unspecified atom stereocenters. The third-order valence-corrected chi connectivity index (χ3v) is 12.5. The summed E-state index contributed by atoms with van der Waals surface area (Å²) in [4.78, 5) is 0. The van der Waals surface area contributed by atoms with Gasteiger partial charge in [-0.05, 0) is 117 Å². The van der Waals surface area contributed by atoms with Gasteiger partial charge in [0.1, 0.15) is 0 Å². The minimum Gasteiger partial charge on any atom is -0.309 e. The van der Waals surface area contributed by atoms with E-state index in [-0.39, 0.29) is 0 Å². The summed E-state index contributed by atoms with van der Waals surface area (Å²) >= 11 is 0. The molecule has 2 nitrogen and oxygen atoms in total. The first-order chi connectivity index (χ1) is 30.7. The fraction of sp³-hybridized carbons (Fsp3) is 0. The van der Waals surface area contributed by atoms with Crippen LogP contribution in [0.3, 0.4) is 0 Å². The van der Waals surface area contributed by atoms with Crippen LogP contribution in [0.1, 0.15) is 0 Å². The molecule has 290 valence electrons. The van der Waals surface area contributed by atoms with Crippen molar-refractivity contribution in [3.63, 3.8) is 0 Å². The normalized spacial score (nSPS) is 11.5. The van der Waals surface area contributed by atoms with Crippen molar-refractivity contribution in [3.8, 4) is 67.0 Å². The fourth-order valence-corrected chi connectivity index (χ4v) is 9.55. The topological polar surface area (TPSA) is 9.86 Å². The average molecular weight is 789 g/mol. The van der Waals surface area contributed by atoms with E-state index in [1.165, 1.54) is 105 Å². The Labute approximate surface area is 360 Å². The lowest BCUT2D eigenvalue weighted by Gasteiger charge is -2.14. The summed E-state index contributed by atoms with van der Waals surface area (Å²) in [6.45, 7) is 0. The molecule has 10 aromatic carbocycles. The third-order valence-electron chi connectivity index (χ3n) is 12.5. The van der Waals surface area contributed by atoms with E-state index < -0.39 is 0 Å². The van der Waals surface area contributed by atoms with Crippen LogP contribution in [0, 0.1) is 0 Å². The summed E-state index contributed by atoms with van der Waals surface area (Å²) < 4.78 is 4.86. The Hall–Kier alpha value is -8.20. The lowest BCUT2D eigenvalue weighted by molar-refractivity contribution is 1.18. The molecule has 2 heterocycles. The van der Waals surface area contributed by atoms with Crippen LogP contribution in [0.2, 0.25) is 0 Å². The van der Waals surface area contributed by atoms with Crippen LogP contribution in [-0.2, 0) is 0 Å². The Morgan fingerprint density at radius 2 is 0.597 bits per heavy atom. The van der Waals surface area contributed by atoms with Crippen LogP contribution in [-0.4, -0.2) is 9.13 Å². The zero-order valence-electron chi connectivity index (χ0n) is 34.0. The van der Waals surface area contributed by atoms with Crippen molar-refractivity contribution >= 4 is 43.6 Å². The van der Waals surface area contributed by atoms with Crippen molar-refractivity contribution in [2.75, 3.05) is 0 Å². The smallest absolute Gasteiger partial charge is 0.0541 e. The minimum absolute atomic E-state index is 1.14. The standard InChI is InChI=1S/C60H40N2/c1-4-15-41(16-5-1)45-21-14-22-46(37-45)43-27-32-50(33-28-43)61-57-26-13-11-24-52(57)53-39-48(30-34-58(53)61)49-31-36-60-55(40-49)54-38-47(42-17-6-2-7-18-42)29-35-59(54)62(60)56-25-12-10-23-51(56)44-19-8-3-9-20-44/h1-40H. The molecule has 0 fully saturated rings. The molecular weight excluding hydrogens is 749 g/mol. The highest BCUT2D eigenvalue weighted by molar-refractivity contribution is 6.13. The van der Waals surface area contributed by atoms with Crippen molar-refractivity contribution in [2.45, 2.75) is 0 Å². The maximum Gasteiger partial charge on any atom is 0.0541 e. The molecule has 0 amide bonds. The second-order valence-corrected chi connectivity index (χ2v) is 16.1. The summed E-state index contributed by atoms with van der Waals surface area (Å²) in [5.41, 5.74) is 19.2. The number of nitrogens with zero attached hydrogens (tertiary/aromatic N) is 2. The Morgan fingerprint density at radius 1 is 0.210 bits per heavy atom. The summed E-state index contributed by atoms with van der Waals surface area (Å²) in [5, 5.41) is 4.95.